The molecule has 3 aliphatic rings. The van der Waals surface area contributed by atoms with E-state index in [2.05, 4.69) is 15.7 Å². The number of alkyl halides is 4. The Morgan fingerprint density at radius 3 is 2.52 bits per heavy atom. The van der Waals surface area contributed by atoms with Crippen LogP contribution < -0.4 is 15.5 Å². The highest BCUT2D eigenvalue weighted by atomic mass is 19.3. The summed E-state index contributed by atoms with van der Waals surface area (Å²) >= 11 is 0. The van der Waals surface area contributed by atoms with Gasteiger partial charge in [0.05, 0.1) is 19.3 Å². The van der Waals surface area contributed by atoms with Gasteiger partial charge in [-0.1, -0.05) is 0 Å². The summed E-state index contributed by atoms with van der Waals surface area (Å²) < 4.78 is 56.0. The minimum atomic E-state index is -2.71. The van der Waals surface area contributed by atoms with Crippen LogP contribution in [0.1, 0.15) is 43.2 Å². The predicted octanol–water partition coefficient (Wildman–Crippen LogP) is 4.37. The molecule has 1 aromatic heterocycles. The molecule has 9 nitrogen and oxygen atoms in total. The van der Waals surface area contributed by atoms with Gasteiger partial charge in [0.15, 0.2) is 0 Å². The first-order valence-corrected chi connectivity index (χ1v) is 14.4. The number of anilines is 1. The van der Waals surface area contributed by atoms with Crippen LogP contribution in [0.15, 0.2) is 35.8 Å². The lowest BCUT2D eigenvalue weighted by atomic mass is 9.92. The number of aromatic nitrogens is 2. The molecule has 0 spiro atoms. The molecule has 5 rings (SSSR count). The number of fused-ring (bicyclic) bond motifs is 1. The number of halogens is 4. The van der Waals surface area contributed by atoms with E-state index < -0.39 is 12.9 Å². The number of urea groups is 1. The van der Waals surface area contributed by atoms with Gasteiger partial charge in [-0.15, -0.1) is 0 Å². The Bertz CT molecular complexity index is 1330. The second-order valence-electron chi connectivity index (χ2n) is 11.2. The summed E-state index contributed by atoms with van der Waals surface area (Å²) in [6, 6.07) is 3.11. The van der Waals surface area contributed by atoms with Crippen LogP contribution in [-0.4, -0.2) is 90.2 Å². The van der Waals surface area contributed by atoms with Crippen molar-refractivity contribution in [1.29, 1.82) is 5.41 Å². The van der Waals surface area contributed by atoms with Crippen LogP contribution in [0.25, 0.3) is 11.1 Å². The van der Waals surface area contributed by atoms with Gasteiger partial charge in [0.2, 0.25) is 0 Å². The van der Waals surface area contributed by atoms with E-state index in [1.165, 1.54) is 6.07 Å². The molecule has 0 radical (unpaired) electrons. The zero-order valence-electron chi connectivity index (χ0n) is 24.0. The van der Waals surface area contributed by atoms with Crippen molar-refractivity contribution in [2.24, 2.45) is 7.05 Å². The van der Waals surface area contributed by atoms with Gasteiger partial charge in [0.25, 0.3) is 12.9 Å². The Morgan fingerprint density at radius 1 is 1.12 bits per heavy atom. The van der Waals surface area contributed by atoms with Crippen LogP contribution in [-0.2, 0) is 13.5 Å². The second-order valence-corrected chi connectivity index (χ2v) is 11.2. The van der Waals surface area contributed by atoms with Crippen molar-refractivity contribution in [3.05, 3.63) is 46.9 Å². The predicted molar refractivity (Wildman–Crippen MR) is 153 cm³/mol. The molecule has 228 valence electrons. The maximum atomic E-state index is 14.4. The van der Waals surface area contributed by atoms with Crippen LogP contribution >= 0.6 is 0 Å². The Labute approximate surface area is 243 Å². The van der Waals surface area contributed by atoms with Crippen molar-refractivity contribution >= 4 is 17.6 Å². The zero-order valence-corrected chi connectivity index (χ0v) is 24.0. The largest absolute Gasteiger partial charge is 0.385 e. The number of hydrogen-bond donors (Lipinski definition) is 3. The van der Waals surface area contributed by atoms with Crippen LogP contribution in [0.5, 0.6) is 0 Å². The second kappa shape index (κ2) is 12.7. The monoisotopic (exact) mass is 590 g/mol. The maximum Gasteiger partial charge on any atom is 0.317 e. The third kappa shape index (κ3) is 6.40. The summed E-state index contributed by atoms with van der Waals surface area (Å²) in [4.78, 5) is 17.7. The highest BCUT2D eigenvalue weighted by molar-refractivity contribution is 6.09. The molecule has 1 aromatic carbocycles. The third-order valence-electron chi connectivity index (χ3n) is 8.38. The summed E-state index contributed by atoms with van der Waals surface area (Å²) in [5.41, 5.74) is 3.90. The number of amidine groups is 1. The first kappa shape index (κ1) is 29.9. The Hall–Kier alpha value is -3.61. The molecule has 0 aliphatic carbocycles. The number of nitrogens with zero attached hydrogens (tertiary/aromatic N) is 5. The van der Waals surface area contributed by atoms with E-state index in [1.54, 1.807) is 51.9 Å². The molecule has 2 aromatic rings. The number of aryl methyl sites for hydroxylation is 2. The van der Waals surface area contributed by atoms with Crippen molar-refractivity contribution in [3.63, 3.8) is 0 Å². The van der Waals surface area contributed by atoms with E-state index in [4.69, 9.17) is 0 Å². The number of piperidine rings is 1. The van der Waals surface area contributed by atoms with E-state index >= 15 is 0 Å². The zero-order chi connectivity index (χ0) is 30.0. The van der Waals surface area contributed by atoms with Crippen molar-refractivity contribution in [2.75, 3.05) is 51.2 Å². The van der Waals surface area contributed by atoms with Gasteiger partial charge in [-0.05, 0) is 48.9 Å². The molecular weight excluding hydrogens is 552 g/mol. The fourth-order valence-corrected chi connectivity index (χ4v) is 6.21. The summed E-state index contributed by atoms with van der Waals surface area (Å²) in [5.74, 6) is 0.177. The number of likely N-dealkylation sites (tertiary alicyclic amines) is 1. The standard InChI is InChI=1S/C29H38F4N8O/c1-35-29(42)40-11-7-24(37-20-5-9-39(10-6-20)17-26(30)31)23(16-40)28(34)41-8-3-4-18-12-21(19-14-36-38(2)15-19)22(27(32)33)13-25(18)41/h12-15,20,26-27,34,37H,3-11,16-17H2,1-2H3,(H,35,42). The lowest BCUT2D eigenvalue weighted by Gasteiger charge is -2.39. The summed E-state index contributed by atoms with van der Waals surface area (Å²) in [5, 5.41) is 19.7. The molecule has 0 saturated carbocycles. The molecule has 1 saturated heterocycles. The van der Waals surface area contributed by atoms with Crippen LogP contribution in [0.3, 0.4) is 0 Å². The summed E-state index contributed by atoms with van der Waals surface area (Å²) in [6.07, 6.45) is 1.54. The van der Waals surface area contributed by atoms with Crippen LogP contribution in [0.2, 0.25) is 0 Å². The number of benzene rings is 1. The lowest BCUT2D eigenvalue weighted by Crippen LogP contribution is -2.49. The average Bonchev–Trinajstić information content (AvgIpc) is 3.42. The molecule has 0 bridgehead atoms. The summed E-state index contributed by atoms with van der Waals surface area (Å²) in [7, 11) is 3.30. The third-order valence-corrected chi connectivity index (χ3v) is 8.38. The molecule has 42 heavy (non-hydrogen) atoms. The number of carbonyl (C=O) groups excluding carboxylic acids is 1. The average molecular weight is 591 g/mol. The molecular formula is C29H38F4N8O. The van der Waals surface area contributed by atoms with E-state index in [0.29, 0.717) is 74.2 Å². The highest BCUT2D eigenvalue weighted by Crippen LogP contribution is 2.39. The molecule has 13 heteroatoms. The molecule has 0 atom stereocenters. The molecule has 3 aliphatic heterocycles. The van der Waals surface area contributed by atoms with E-state index in [-0.39, 0.29) is 36.6 Å². The Kier molecular flexibility index (Phi) is 9.05. The molecule has 4 heterocycles. The van der Waals surface area contributed by atoms with Crippen molar-refractivity contribution < 1.29 is 22.4 Å². The quantitative estimate of drug-likeness (QED) is 0.253. The fourth-order valence-electron chi connectivity index (χ4n) is 6.21. The lowest BCUT2D eigenvalue weighted by molar-refractivity contribution is 0.0736. The molecule has 1 fully saturated rings. The van der Waals surface area contributed by atoms with E-state index in [1.807, 2.05) is 0 Å². The minimum Gasteiger partial charge on any atom is -0.385 e. The normalized spacial score (nSPS) is 18.6. The number of hydrogen-bond acceptors (Lipinski definition) is 5. The molecule has 2 amide bonds. The number of nitrogens with one attached hydrogen (secondary N) is 3. The van der Waals surface area contributed by atoms with Gasteiger partial charge < -0.3 is 20.4 Å². The minimum absolute atomic E-state index is 0.0596. The Morgan fingerprint density at radius 2 is 1.88 bits per heavy atom. The van der Waals surface area contributed by atoms with Gasteiger partial charge in [-0.25, -0.2) is 22.4 Å². The van der Waals surface area contributed by atoms with Crippen molar-refractivity contribution in [2.45, 2.75) is 51.0 Å². The first-order valence-electron chi connectivity index (χ1n) is 14.4. The number of carbonyl (C=O) groups is 1. The van der Waals surface area contributed by atoms with E-state index in [0.717, 1.165) is 17.7 Å². The smallest absolute Gasteiger partial charge is 0.317 e. The van der Waals surface area contributed by atoms with Gasteiger partial charge >= 0.3 is 6.03 Å². The first-order chi connectivity index (χ1) is 20.1. The Balaban J connectivity index is 1.45. The van der Waals surface area contributed by atoms with E-state index in [9.17, 15) is 27.8 Å². The maximum absolute atomic E-state index is 14.4. The van der Waals surface area contributed by atoms with Crippen molar-refractivity contribution in [3.8, 4) is 11.1 Å². The molecule has 0 unspecified atom stereocenters. The SMILES string of the molecule is CNC(=O)N1CCC(NC2CCN(CC(F)F)CC2)=C(C(=N)N2CCCc3cc(-c4cnn(C)c4)c(C(F)F)cc32)C1. The number of amides is 2. The van der Waals surface area contributed by atoms with Crippen LogP contribution in [0, 0.1) is 5.41 Å². The topological polar surface area (TPSA) is 92.5 Å². The number of rotatable bonds is 7. The van der Waals surface area contributed by atoms with Gasteiger partial charge in [0.1, 0.15) is 5.84 Å². The van der Waals surface area contributed by atoms with Gasteiger partial charge in [-0.2, -0.15) is 5.10 Å². The van der Waals surface area contributed by atoms with Crippen LogP contribution in [0.4, 0.5) is 28.0 Å². The van der Waals surface area contributed by atoms with Gasteiger partial charge in [0, 0.05) is 87.0 Å². The summed E-state index contributed by atoms with van der Waals surface area (Å²) in [6.45, 7) is 2.03. The fraction of sp³-hybridized carbons (Fsp3) is 0.552. The van der Waals surface area contributed by atoms with Gasteiger partial charge in [-0.3, -0.25) is 15.0 Å². The highest BCUT2D eigenvalue weighted by Gasteiger charge is 2.32. The van der Waals surface area contributed by atoms with Crippen molar-refractivity contribution in [1.82, 2.24) is 30.2 Å². The molecule has 3 N–H and O–H groups in total.